The second kappa shape index (κ2) is 4.72. The van der Waals surface area contributed by atoms with Gasteiger partial charge >= 0.3 is 0 Å². The van der Waals surface area contributed by atoms with Gasteiger partial charge in [-0.15, -0.1) is 0 Å². The summed E-state index contributed by atoms with van der Waals surface area (Å²) >= 11 is 0. The minimum absolute atomic E-state index is 0.00918. The molecule has 0 saturated heterocycles. The standard InChI is InChI=1S/C10H12F2N2O/c1-6(4-10(13)14)15-7-2-3-8(11)9(12)5-7/h2-3,5-6H,4H2,1H3,(H3,13,14). The third-order valence-corrected chi connectivity index (χ3v) is 1.74. The Morgan fingerprint density at radius 1 is 1.47 bits per heavy atom. The zero-order valence-electron chi connectivity index (χ0n) is 8.26. The van der Waals surface area contributed by atoms with Crippen LogP contribution in [0.15, 0.2) is 18.2 Å². The maximum absolute atomic E-state index is 12.8. The van der Waals surface area contributed by atoms with E-state index in [2.05, 4.69) is 0 Å². The van der Waals surface area contributed by atoms with Crippen molar-refractivity contribution in [2.75, 3.05) is 0 Å². The Labute approximate surface area is 86.4 Å². The van der Waals surface area contributed by atoms with Crippen LogP contribution >= 0.6 is 0 Å². The zero-order valence-corrected chi connectivity index (χ0v) is 8.26. The molecule has 15 heavy (non-hydrogen) atoms. The molecule has 1 atom stereocenters. The molecule has 0 spiro atoms. The summed E-state index contributed by atoms with van der Waals surface area (Å²) < 4.78 is 30.6. The molecular weight excluding hydrogens is 202 g/mol. The predicted octanol–water partition coefficient (Wildman–Crippen LogP) is 2.06. The summed E-state index contributed by atoms with van der Waals surface area (Å²) in [5, 5.41) is 7.03. The van der Waals surface area contributed by atoms with E-state index in [1.54, 1.807) is 6.92 Å². The third-order valence-electron chi connectivity index (χ3n) is 1.74. The first-order valence-electron chi connectivity index (χ1n) is 4.43. The number of nitrogens with one attached hydrogen (secondary N) is 1. The minimum atomic E-state index is -0.956. The van der Waals surface area contributed by atoms with Crippen molar-refractivity contribution >= 4 is 5.84 Å². The first-order valence-corrected chi connectivity index (χ1v) is 4.43. The van der Waals surface area contributed by atoms with Crippen molar-refractivity contribution in [2.45, 2.75) is 19.4 Å². The van der Waals surface area contributed by atoms with E-state index in [9.17, 15) is 8.78 Å². The van der Waals surface area contributed by atoms with Gasteiger partial charge in [0.2, 0.25) is 0 Å². The van der Waals surface area contributed by atoms with Crippen LogP contribution in [-0.2, 0) is 0 Å². The van der Waals surface area contributed by atoms with Crippen molar-refractivity contribution in [1.29, 1.82) is 5.41 Å². The molecule has 0 aromatic heterocycles. The van der Waals surface area contributed by atoms with Crippen LogP contribution in [-0.4, -0.2) is 11.9 Å². The summed E-state index contributed by atoms with van der Waals surface area (Å²) in [5.41, 5.74) is 5.17. The Kier molecular flexibility index (Phi) is 3.60. The fourth-order valence-corrected chi connectivity index (χ4v) is 1.13. The molecule has 5 heteroatoms. The summed E-state index contributed by atoms with van der Waals surface area (Å²) in [6.07, 6.45) is -0.0914. The van der Waals surface area contributed by atoms with Gasteiger partial charge in [0.15, 0.2) is 11.6 Å². The van der Waals surface area contributed by atoms with E-state index >= 15 is 0 Å². The molecule has 1 aromatic rings. The van der Waals surface area contributed by atoms with Crippen molar-refractivity contribution < 1.29 is 13.5 Å². The second-order valence-corrected chi connectivity index (χ2v) is 3.23. The van der Waals surface area contributed by atoms with E-state index in [1.807, 2.05) is 0 Å². The van der Waals surface area contributed by atoms with Crippen molar-refractivity contribution in [2.24, 2.45) is 5.73 Å². The lowest BCUT2D eigenvalue weighted by molar-refractivity contribution is 0.228. The molecule has 1 rings (SSSR count). The highest BCUT2D eigenvalue weighted by Crippen LogP contribution is 2.17. The zero-order chi connectivity index (χ0) is 11.4. The van der Waals surface area contributed by atoms with Crippen molar-refractivity contribution in [3.8, 4) is 5.75 Å². The molecule has 1 unspecified atom stereocenters. The Hall–Kier alpha value is -1.65. The number of rotatable bonds is 4. The van der Waals surface area contributed by atoms with Gasteiger partial charge in [-0.25, -0.2) is 8.78 Å². The number of hydrogen-bond donors (Lipinski definition) is 2. The fraction of sp³-hybridized carbons (Fsp3) is 0.300. The molecule has 0 bridgehead atoms. The summed E-state index contributed by atoms with van der Waals surface area (Å²) in [6, 6.07) is 3.28. The van der Waals surface area contributed by atoms with Gasteiger partial charge in [0.25, 0.3) is 0 Å². The number of amidine groups is 1. The number of nitrogens with two attached hydrogens (primary N) is 1. The van der Waals surface area contributed by atoms with Crippen LogP contribution in [0.3, 0.4) is 0 Å². The fourth-order valence-electron chi connectivity index (χ4n) is 1.13. The van der Waals surface area contributed by atoms with E-state index in [-0.39, 0.29) is 24.1 Å². The van der Waals surface area contributed by atoms with E-state index in [0.29, 0.717) is 0 Å². The Morgan fingerprint density at radius 3 is 2.67 bits per heavy atom. The van der Waals surface area contributed by atoms with Gasteiger partial charge in [-0.1, -0.05) is 0 Å². The number of hydrogen-bond acceptors (Lipinski definition) is 2. The molecule has 0 heterocycles. The van der Waals surface area contributed by atoms with Crippen molar-refractivity contribution in [1.82, 2.24) is 0 Å². The highest BCUT2D eigenvalue weighted by molar-refractivity contribution is 5.77. The third kappa shape index (κ3) is 3.53. The number of benzene rings is 1. The van der Waals surface area contributed by atoms with Crippen LogP contribution in [0, 0.1) is 17.0 Å². The van der Waals surface area contributed by atoms with Crippen LogP contribution in [0.2, 0.25) is 0 Å². The van der Waals surface area contributed by atoms with Gasteiger partial charge in [0.1, 0.15) is 11.9 Å². The molecule has 0 radical (unpaired) electrons. The molecule has 1 aromatic carbocycles. The first kappa shape index (κ1) is 11.4. The normalized spacial score (nSPS) is 12.2. The predicted molar refractivity (Wildman–Crippen MR) is 53.0 cm³/mol. The van der Waals surface area contributed by atoms with Gasteiger partial charge in [0, 0.05) is 12.5 Å². The molecule has 0 aliphatic carbocycles. The molecular formula is C10H12F2N2O. The smallest absolute Gasteiger partial charge is 0.162 e. The van der Waals surface area contributed by atoms with E-state index in [1.165, 1.54) is 6.07 Å². The molecule has 0 aliphatic heterocycles. The van der Waals surface area contributed by atoms with Gasteiger partial charge in [-0.05, 0) is 19.1 Å². The van der Waals surface area contributed by atoms with Gasteiger partial charge < -0.3 is 10.5 Å². The molecule has 0 amide bonds. The van der Waals surface area contributed by atoms with Crippen LogP contribution < -0.4 is 10.5 Å². The largest absolute Gasteiger partial charge is 0.490 e. The average molecular weight is 214 g/mol. The van der Waals surface area contributed by atoms with E-state index in [4.69, 9.17) is 15.9 Å². The Balaban J connectivity index is 2.64. The van der Waals surface area contributed by atoms with Crippen molar-refractivity contribution in [3.63, 3.8) is 0 Å². The number of halogens is 2. The summed E-state index contributed by atoms with van der Waals surface area (Å²) in [7, 11) is 0. The van der Waals surface area contributed by atoms with Crippen LogP contribution in [0.5, 0.6) is 5.75 Å². The molecule has 82 valence electrons. The average Bonchev–Trinajstić information content (AvgIpc) is 2.10. The quantitative estimate of drug-likeness (QED) is 0.595. The summed E-state index contributed by atoms with van der Waals surface area (Å²) in [5.74, 6) is -1.66. The minimum Gasteiger partial charge on any atom is -0.490 e. The molecule has 0 saturated carbocycles. The lowest BCUT2D eigenvalue weighted by Crippen LogP contribution is -2.21. The lowest BCUT2D eigenvalue weighted by Gasteiger charge is -2.13. The first-order chi connectivity index (χ1) is 6.99. The number of ether oxygens (including phenoxy) is 1. The molecule has 0 fully saturated rings. The van der Waals surface area contributed by atoms with Crippen LogP contribution in [0.25, 0.3) is 0 Å². The van der Waals surface area contributed by atoms with E-state index < -0.39 is 11.6 Å². The van der Waals surface area contributed by atoms with Gasteiger partial charge in [0.05, 0.1) is 5.84 Å². The SMILES string of the molecule is CC(CC(=N)N)Oc1ccc(F)c(F)c1. The topological polar surface area (TPSA) is 59.1 Å². The summed E-state index contributed by atoms with van der Waals surface area (Å²) in [4.78, 5) is 0. The van der Waals surface area contributed by atoms with Gasteiger partial charge in [-0.2, -0.15) is 0 Å². The Morgan fingerprint density at radius 2 is 2.13 bits per heavy atom. The second-order valence-electron chi connectivity index (χ2n) is 3.23. The molecule has 3 N–H and O–H groups in total. The maximum atomic E-state index is 12.8. The van der Waals surface area contributed by atoms with Crippen LogP contribution in [0.1, 0.15) is 13.3 Å². The monoisotopic (exact) mass is 214 g/mol. The van der Waals surface area contributed by atoms with E-state index in [0.717, 1.165) is 12.1 Å². The highest BCUT2D eigenvalue weighted by atomic mass is 19.2. The van der Waals surface area contributed by atoms with Crippen molar-refractivity contribution in [3.05, 3.63) is 29.8 Å². The Bertz CT molecular complexity index is 368. The lowest BCUT2D eigenvalue weighted by atomic mass is 10.2. The maximum Gasteiger partial charge on any atom is 0.162 e. The van der Waals surface area contributed by atoms with Gasteiger partial charge in [-0.3, -0.25) is 5.41 Å². The highest BCUT2D eigenvalue weighted by Gasteiger charge is 2.08. The van der Waals surface area contributed by atoms with Crippen LogP contribution in [0.4, 0.5) is 8.78 Å². The summed E-state index contributed by atoms with van der Waals surface area (Å²) in [6.45, 7) is 1.70. The molecule has 0 aliphatic rings. The molecule has 3 nitrogen and oxygen atoms in total.